The Hall–Kier alpha value is -5.18. The lowest BCUT2D eigenvalue weighted by Crippen LogP contribution is -2.71. The maximum absolute atomic E-state index is 14.3. The number of fused-ring (bicyclic) bond motifs is 1. The van der Waals surface area contributed by atoms with Crippen LogP contribution in [-0.4, -0.2) is 67.3 Å². The van der Waals surface area contributed by atoms with Gasteiger partial charge in [0.05, 0.1) is 0 Å². The van der Waals surface area contributed by atoms with Gasteiger partial charge in [0.1, 0.15) is 23.7 Å². The molecule has 1 aromatic heterocycles. The molecule has 3 N–H and O–H groups in total. The molecule has 0 radical (unpaired) electrons. The molecule has 1 fully saturated rings. The molecule has 6 rings (SSSR count). The Morgan fingerprint density at radius 3 is 2.34 bits per heavy atom. The number of oxime groups is 1. The summed E-state index contributed by atoms with van der Waals surface area (Å²) in [5.41, 5.74) is 9.06. The Balaban J connectivity index is 1.26. The topological polar surface area (TPSA) is 149 Å². The van der Waals surface area contributed by atoms with E-state index in [2.05, 4.69) is 26.4 Å². The largest absolute Gasteiger partial charge is 0.448 e. The average Bonchev–Trinajstić information content (AvgIpc) is 3.59. The number of ether oxygens (including phenoxy) is 1. The molecule has 0 spiro atoms. The van der Waals surface area contributed by atoms with Crippen LogP contribution in [0.1, 0.15) is 28.6 Å². The van der Waals surface area contributed by atoms with Crippen molar-refractivity contribution in [2.45, 2.75) is 17.5 Å². The summed E-state index contributed by atoms with van der Waals surface area (Å²) in [7, 11) is 0. The van der Waals surface area contributed by atoms with Crippen LogP contribution in [0.4, 0.5) is 5.13 Å². The van der Waals surface area contributed by atoms with Gasteiger partial charge in [-0.3, -0.25) is 14.5 Å². The maximum atomic E-state index is 14.3. The average molecular weight is 725 g/mol. The van der Waals surface area contributed by atoms with Crippen LogP contribution in [0.15, 0.2) is 125 Å². The Labute approximate surface area is 301 Å². The molecule has 11 nitrogen and oxygen atoms in total. The van der Waals surface area contributed by atoms with Crippen LogP contribution in [0.5, 0.6) is 0 Å². The molecule has 2 aliphatic rings. The maximum Gasteiger partial charge on any atom is 0.356 e. The van der Waals surface area contributed by atoms with E-state index in [1.807, 2.05) is 102 Å². The monoisotopic (exact) mass is 724 g/mol. The van der Waals surface area contributed by atoms with Crippen LogP contribution < -0.4 is 11.1 Å². The summed E-state index contributed by atoms with van der Waals surface area (Å²) in [6.45, 7) is 3.61. The third-order valence-corrected chi connectivity index (χ3v) is 10.3. The van der Waals surface area contributed by atoms with Crippen LogP contribution in [0.25, 0.3) is 6.08 Å². The van der Waals surface area contributed by atoms with Crippen molar-refractivity contribution in [2.24, 2.45) is 5.16 Å². The lowest BCUT2D eigenvalue weighted by atomic mass is 10.0. The summed E-state index contributed by atoms with van der Waals surface area (Å²) in [6, 6.07) is 27.8. The number of nitrogens with two attached hydrogens (primary N) is 1. The predicted molar refractivity (Wildman–Crippen MR) is 198 cm³/mol. The molecule has 2 aliphatic heterocycles. The van der Waals surface area contributed by atoms with Crippen molar-refractivity contribution in [2.75, 3.05) is 23.8 Å². The molecule has 2 atom stereocenters. The number of esters is 1. The van der Waals surface area contributed by atoms with E-state index >= 15 is 0 Å². The van der Waals surface area contributed by atoms with Crippen molar-refractivity contribution in [3.05, 3.63) is 143 Å². The molecule has 14 heteroatoms. The van der Waals surface area contributed by atoms with Crippen LogP contribution in [0, 0.1) is 0 Å². The summed E-state index contributed by atoms with van der Waals surface area (Å²) < 4.78 is 10.3. The molecule has 3 aromatic carbocycles. The fourth-order valence-corrected chi connectivity index (χ4v) is 7.95. The summed E-state index contributed by atoms with van der Waals surface area (Å²) in [5, 5.41) is 8.16. The van der Waals surface area contributed by atoms with Crippen molar-refractivity contribution in [3.63, 3.8) is 0 Å². The van der Waals surface area contributed by atoms with Gasteiger partial charge in [-0.1, -0.05) is 109 Å². The molecule has 0 aliphatic carbocycles. The molecule has 254 valence electrons. The third kappa shape index (κ3) is 7.99. The van der Waals surface area contributed by atoms with E-state index in [-0.39, 0.29) is 29.0 Å². The summed E-state index contributed by atoms with van der Waals surface area (Å²) in [4.78, 5) is 52.2. The lowest BCUT2D eigenvalue weighted by Gasteiger charge is -2.49. The number of nitrogen functional groups attached to an aromatic ring is 1. The number of amides is 2. The first-order chi connectivity index (χ1) is 24.4. The van der Waals surface area contributed by atoms with Gasteiger partial charge in [-0.25, -0.2) is 4.79 Å². The van der Waals surface area contributed by atoms with E-state index in [4.69, 9.17) is 15.3 Å². The zero-order valence-electron chi connectivity index (χ0n) is 26.6. The van der Waals surface area contributed by atoms with Crippen LogP contribution in [0.2, 0.25) is 0 Å². The second-order valence-electron chi connectivity index (χ2n) is 10.9. The number of hydrogen-bond donors (Lipinski definition) is 2. The van der Waals surface area contributed by atoms with Crippen LogP contribution >= 0.6 is 35.1 Å². The van der Waals surface area contributed by atoms with Crippen molar-refractivity contribution in [3.8, 4) is 0 Å². The number of carbonyl (C=O) groups is 3. The molecule has 3 heterocycles. The van der Waals surface area contributed by atoms with Crippen molar-refractivity contribution < 1.29 is 24.0 Å². The second-order valence-corrected chi connectivity index (χ2v) is 13.7. The van der Waals surface area contributed by atoms with Gasteiger partial charge in [0.15, 0.2) is 11.2 Å². The standard InChI is InChI=1S/C36H32N6O5S3/c1-2-19-46-40-27(31-39-36(37)50-41-31)32(43)38-28-33(44)42-29(26(22-49-34(28)42)21-48-20-18-23-12-6-3-7-13-23)35(45)47-30(24-14-8-4-9-15-24)25-16-10-5-11-17-25/h2-18,20,28,30,34H,1,19,21-22H2,(H,38,43)(H2,37,39,41)/b20-18-,40-27?/t28?,34-/m0/s1. The number of β-lactam (4-membered cyclic amide) rings is 1. The van der Waals surface area contributed by atoms with E-state index in [9.17, 15) is 14.4 Å². The number of rotatable bonds is 14. The zero-order chi connectivity index (χ0) is 34.9. The van der Waals surface area contributed by atoms with Crippen LogP contribution in [-0.2, 0) is 24.0 Å². The number of nitrogens with one attached hydrogen (secondary N) is 1. The van der Waals surface area contributed by atoms with Gasteiger partial charge in [0.25, 0.3) is 11.8 Å². The third-order valence-electron chi connectivity index (χ3n) is 7.59. The van der Waals surface area contributed by atoms with Crippen molar-refractivity contribution in [1.29, 1.82) is 0 Å². The first kappa shape index (κ1) is 34.7. The van der Waals surface area contributed by atoms with Gasteiger partial charge in [-0.15, -0.1) is 23.5 Å². The summed E-state index contributed by atoms with van der Waals surface area (Å²) >= 11 is 3.86. The summed E-state index contributed by atoms with van der Waals surface area (Å²) in [5.74, 6) is -0.960. The minimum absolute atomic E-state index is 0.0334. The highest BCUT2D eigenvalue weighted by atomic mass is 32.2. The number of hydrogen-bond acceptors (Lipinski definition) is 12. The number of aromatic nitrogens is 2. The normalized spacial score (nSPS) is 17.3. The van der Waals surface area contributed by atoms with E-state index in [1.54, 1.807) is 0 Å². The Bertz CT molecular complexity index is 1900. The molecule has 2 amide bonds. The van der Waals surface area contributed by atoms with Gasteiger partial charge in [0, 0.05) is 23.0 Å². The van der Waals surface area contributed by atoms with Crippen LogP contribution in [0.3, 0.4) is 0 Å². The molecule has 0 saturated carbocycles. The SMILES string of the molecule is C=CCON=C(C(=O)NC1C(=O)N2C(C(=O)OC(c3ccccc3)c3ccccc3)=C(CS/C=C\c3ccccc3)CS[C@@H]12)c1nsc(N)n1. The predicted octanol–water partition coefficient (Wildman–Crippen LogP) is 5.42. The minimum Gasteiger partial charge on any atom is -0.448 e. The van der Waals surface area contributed by atoms with Gasteiger partial charge >= 0.3 is 5.97 Å². The van der Waals surface area contributed by atoms with E-state index in [0.29, 0.717) is 11.5 Å². The lowest BCUT2D eigenvalue weighted by molar-refractivity contribution is -0.154. The van der Waals surface area contributed by atoms with Crippen molar-refractivity contribution >= 4 is 69.8 Å². The number of nitrogens with zero attached hydrogens (tertiary/aromatic N) is 4. The fraction of sp³-hybridized carbons (Fsp3) is 0.167. The van der Waals surface area contributed by atoms with E-state index < -0.39 is 35.3 Å². The first-order valence-electron chi connectivity index (χ1n) is 15.5. The number of benzene rings is 3. The highest BCUT2D eigenvalue weighted by Gasteiger charge is 2.55. The minimum atomic E-state index is -0.956. The molecule has 50 heavy (non-hydrogen) atoms. The Kier molecular flexibility index (Phi) is 11.4. The number of carbonyl (C=O) groups excluding carboxylic acids is 3. The van der Waals surface area contributed by atoms with E-state index in [1.165, 1.54) is 34.5 Å². The molecular weight excluding hydrogens is 693 g/mol. The Morgan fingerprint density at radius 1 is 1.06 bits per heavy atom. The molecule has 1 saturated heterocycles. The smallest absolute Gasteiger partial charge is 0.356 e. The van der Waals surface area contributed by atoms with Gasteiger partial charge in [0.2, 0.25) is 11.5 Å². The highest BCUT2D eigenvalue weighted by Crippen LogP contribution is 2.42. The number of thioether (sulfide) groups is 2. The second kappa shape index (κ2) is 16.5. The number of anilines is 1. The summed E-state index contributed by atoms with van der Waals surface area (Å²) in [6.07, 6.45) is 2.75. The van der Waals surface area contributed by atoms with Gasteiger partial charge in [-0.05, 0) is 33.7 Å². The zero-order valence-corrected chi connectivity index (χ0v) is 29.0. The molecular formula is C36H32N6O5S3. The molecule has 1 unspecified atom stereocenters. The fourth-order valence-electron chi connectivity index (χ4n) is 5.25. The van der Waals surface area contributed by atoms with Crippen molar-refractivity contribution in [1.82, 2.24) is 19.6 Å². The first-order valence-corrected chi connectivity index (χ1v) is 18.3. The highest BCUT2D eigenvalue weighted by molar-refractivity contribution is 8.02. The molecule has 4 aromatic rings. The quantitative estimate of drug-likeness (QED) is 0.0432. The van der Waals surface area contributed by atoms with Gasteiger partial charge in [-0.2, -0.15) is 9.36 Å². The molecule has 0 bridgehead atoms. The van der Waals surface area contributed by atoms with Gasteiger partial charge < -0.3 is 20.6 Å². The van der Waals surface area contributed by atoms with E-state index in [0.717, 1.165) is 33.8 Å². The Morgan fingerprint density at radius 2 is 1.72 bits per heavy atom.